The second-order valence-electron chi connectivity index (χ2n) is 8.36. The predicted molar refractivity (Wildman–Crippen MR) is 130 cm³/mol. The van der Waals surface area contributed by atoms with E-state index in [1.54, 1.807) is 47.6 Å². The molecule has 0 spiro atoms. The van der Waals surface area contributed by atoms with Gasteiger partial charge >= 0.3 is 0 Å². The van der Waals surface area contributed by atoms with Crippen LogP contribution in [0.2, 0.25) is 0 Å². The van der Waals surface area contributed by atoms with E-state index in [0.717, 1.165) is 27.0 Å². The Bertz CT molecular complexity index is 1470. The third-order valence-corrected chi connectivity index (χ3v) is 9.18. The summed E-state index contributed by atoms with van der Waals surface area (Å²) in [5.74, 6) is 0.965. The third kappa shape index (κ3) is 3.91. The SMILES string of the molecule is Cc1ccc(S(=O)(=O)N2CCN(C(=O)c3sc4nc(-c5ccco5)nc(C)c4c3C)CC2)cc1. The minimum Gasteiger partial charge on any atom is -0.461 e. The van der Waals surface area contributed by atoms with Gasteiger partial charge in [0, 0.05) is 31.6 Å². The molecule has 1 saturated heterocycles. The standard InChI is InChI=1S/C24H24N4O4S2/c1-15-6-8-18(9-7-15)34(30,31)28-12-10-27(11-13-28)24(29)21-16(2)20-17(3)25-22(26-23(20)33-21)19-5-4-14-32-19/h4-9,14H,10-13H2,1-3H3. The molecule has 0 N–H and O–H groups in total. The second kappa shape index (κ2) is 8.61. The number of piperazine rings is 1. The molecule has 0 saturated carbocycles. The second-order valence-corrected chi connectivity index (χ2v) is 11.3. The molecule has 1 aliphatic heterocycles. The minimum atomic E-state index is -3.58. The Labute approximate surface area is 201 Å². The zero-order valence-electron chi connectivity index (χ0n) is 19.1. The first-order chi connectivity index (χ1) is 16.3. The third-order valence-electron chi connectivity index (χ3n) is 6.09. The molecule has 4 aromatic rings. The molecule has 0 aliphatic carbocycles. The lowest BCUT2D eigenvalue weighted by Gasteiger charge is -2.34. The Morgan fingerprint density at radius 1 is 1.00 bits per heavy atom. The first-order valence-electron chi connectivity index (χ1n) is 10.9. The zero-order valence-corrected chi connectivity index (χ0v) is 20.7. The number of furan rings is 1. The maximum absolute atomic E-state index is 13.4. The topological polar surface area (TPSA) is 96.6 Å². The molecular weight excluding hydrogens is 472 g/mol. The number of rotatable bonds is 4. The summed E-state index contributed by atoms with van der Waals surface area (Å²) >= 11 is 1.34. The van der Waals surface area contributed by atoms with Crippen molar-refractivity contribution in [1.82, 2.24) is 19.2 Å². The molecule has 0 unspecified atom stereocenters. The van der Waals surface area contributed by atoms with Crippen LogP contribution in [0.3, 0.4) is 0 Å². The Hall–Kier alpha value is -3.08. The zero-order chi connectivity index (χ0) is 24.0. The lowest BCUT2D eigenvalue weighted by Crippen LogP contribution is -2.50. The molecule has 0 atom stereocenters. The molecule has 10 heteroatoms. The van der Waals surface area contributed by atoms with Crippen molar-refractivity contribution in [2.45, 2.75) is 25.7 Å². The van der Waals surface area contributed by atoms with Gasteiger partial charge in [0.25, 0.3) is 5.91 Å². The van der Waals surface area contributed by atoms with E-state index in [-0.39, 0.29) is 23.9 Å². The van der Waals surface area contributed by atoms with E-state index in [0.29, 0.717) is 29.6 Å². The van der Waals surface area contributed by atoms with Crippen molar-refractivity contribution in [2.75, 3.05) is 26.2 Å². The summed E-state index contributed by atoms with van der Waals surface area (Å²) in [7, 11) is -3.58. The lowest BCUT2D eigenvalue weighted by molar-refractivity contribution is 0.0702. The quantitative estimate of drug-likeness (QED) is 0.423. The number of nitrogens with zero attached hydrogens (tertiary/aromatic N) is 4. The first kappa shape index (κ1) is 22.7. The molecule has 1 fully saturated rings. The lowest BCUT2D eigenvalue weighted by atomic mass is 10.1. The number of thiophene rings is 1. The smallest absolute Gasteiger partial charge is 0.264 e. The van der Waals surface area contributed by atoms with Crippen LogP contribution in [0.25, 0.3) is 21.8 Å². The molecule has 8 nitrogen and oxygen atoms in total. The van der Waals surface area contributed by atoms with E-state index >= 15 is 0 Å². The molecule has 4 heterocycles. The van der Waals surface area contributed by atoms with Crippen molar-refractivity contribution in [3.63, 3.8) is 0 Å². The van der Waals surface area contributed by atoms with Gasteiger partial charge in [-0.1, -0.05) is 17.7 Å². The van der Waals surface area contributed by atoms with Crippen molar-refractivity contribution in [1.29, 1.82) is 0 Å². The van der Waals surface area contributed by atoms with Gasteiger partial charge in [-0.3, -0.25) is 4.79 Å². The Morgan fingerprint density at radius 3 is 2.35 bits per heavy atom. The number of hydrogen-bond donors (Lipinski definition) is 0. The molecule has 1 aliphatic rings. The van der Waals surface area contributed by atoms with Crippen molar-refractivity contribution in [3.8, 4) is 11.6 Å². The number of fused-ring (bicyclic) bond motifs is 1. The molecule has 3 aromatic heterocycles. The summed E-state index contributed by atoms with van der Waals surface area (Å²) in [6.07, 6.45) is 1.57. The van der Waals surface area contributed by atoms with Gasteiger partial charge in [0.1, 0.15) is 4.83 Å². The number of sulfonamides is 1. The number of aromatic nitrogens is 2. The molecule has 1 amide bonds. The van der Waals surface area contributed by atoms with Crippen molar-refractivity contribution >= 4 is 37.5 Å². The first-order valence-corrected chi connectivity index (χ1v) is 13.2. The highest BCUT2D eigenvalue weighted by atomic mass is 32.2. The van der Waals surface area contributed by atoms with Gasteiger partial charge in [0.15, 0.2) is 11.6 Å². The van der Waals surface area contributed by atoms with Gasteiger partial charge in [-0.25, -0.2) is 18.4 Å². The van der Waals surface area contributed by atoms with Crippen LogP contribution in [0.4, 0.5) is 0 Å². The van der Waals surface area contributed by atoms with Gasteiger partial charge in [-0.15, -0.1) is 11.3 Å². The number of benzene rings is 1. The van der Waals surface area contributed by atoms with Crippen molar-refractivity contribution in [2.24, 2.45) is 0 Å². The number of aryl methyl sites for hydroxylation is 3. The molecule has 5 rings (SSSR count). The summed E-state index contributed by atoms with van der Waals surface area (Å²) < 4.78 is 32.8. The van der Waals surface area contributed by atoms with Crippen LogP contribution in [-0.4, -0.2) is 59.7 Å². The van der Waals surface area contributed by atoms with Gasteiger partial charge in [0.2, 0.25) is 10.0 Å². The van der Waals surface area contributed by atoms with E-state index in [4.69, 9.17) is 4.42 Å². The fourth-order valence-electron chi connectivity index (χ4n) is 4.19. The molecule has 1 aromatic carbocycles. The highest BCUT2D eigenvalue weighted by Crippen LogP contribution is 2.34. The summed E-state index contributed by atoms with van der Waals surface area (Å²) in [6.45, 7) is 6.91. The fraction of sp³-hybridized carbons (Fsp3) is 0.292. The Kier molecular flexibility index (Phi) is 5.75. The Balaban J connectivity index is 1.36. The highest BCUT2D eigenvalue weighted by Gasteiger charge is 2.32. The number of carbonyl (C=O) groups is 1. The maximum Gasteiger partial charge on any atom is 0.264 e. The maximum atomic E-state index is 13.4. The van der Waals surface area contributed by atoms with E-state index in [2.05, 4.69) is 9.97 Å². The van der Waals surface area contributed by atoms with E-state index in [9.17, 15) is 13.2 Å². The normalized spacial score (nSPS) is 15.2. The van der Waals surface area contributed by atoms with Crippen LogP contribution in [0, 0.1) is 20.8 Å². The van der Waals surface area contributed by atoms with Gasteiger partial charge in [-0.05, 0) is 50.6 Å². The molecular formula is C24H24N4O4S2. The van der Waals surface area contributed by atoms with Crippen molar-refractivity contribution in [3.05, 3.63) is 64.4 Å². The highest BCUT2D eigenvalue weighted by molar-refractivity contribution is 7.89. The average molecular weight is 497 g/mol. The molecule has 0 bridgehead atoms. The van der Waals surface area contributed by atoms with Gasteiger partial charge < -0.3 is 9.32 Å². The van der Waals surface area contributed by atoms with Crippen molar-refractivity contribution < 1.29 is 17.6 Å². The predicted octanol–water partition coefficient (Wildman–Crippen LogP) is 4.02. The average Bonchev–Trinajstić information content (AvgIpc) is 3.47. The van der Waals surface area contributed by atoms with Crippen LogP contribution >= 0.6 is 11.3 Å². The summed E-state index contributed by atoms with van der Waals surface area (Å²) in [5.41, 5.74) is 2.64. The molecule has 176 valence electrons. The van der Waals surface area contributed by atoms with Crippen LogP contribution in [0.5, 0.6) is 0 Å². The monoisotopic (exact) mass is 496 g/mol. The Morgan fingerprint density at radius 2 is 1.71 bits per heavy atom. The number of carbonyl (C=O) groups excluding carboxylic acids is 1. The summed E-state index contributed by atoms with van der Waals surface area (Å²) in [6, 6.07) is 10.4. The van der Waals surface area contributed by atoms with Crippen LogP contribution in [-0.2, 0) is 10.0 Å². The van der Waals surface area contributed by atoms with E-state index in [1.165, 1.54) is 15.6 Å². The molecule has 34 heavy (non-hydrogen) atoms. The number of amides is 1. The van der Waals surface area contributed by atoms with Crippen LogP contribution < -0.4 is 0 Å². The van der Waals surface area contributed by atoms with Gasteiger partial charge in [-0.2, -0.15) is 4.31 Å². The fourth-order valence-corrected chi connectivity index (χ4v) is 6.82. The van der Waals surface area contributed by atoms with E-state index < -0.39 is 10.0 Å². The summed E-state index contributed by atoms with van der Waals surface area (Å²) in [4.78, 5) is 25.9. The van der Waals surface area contributed by atoms with Gasteiger partial charge in [0.05, 0.1) is 21.7 Å². The van der Waals surface area contributed by atoms with E-state index in [1.807, 2.05) is 20.8 Å². The largest absolute Gasteiger partial charge is 0.461 e. The van der Waals surface area contributed by atoms with Crippen LogP contribution in [0.1, 0.15) is 26.5 Å². The van der Waals surface area contributed by atoms with Crippen LogP contribution in [0.15, 0.2) is 52.0 Å². The molecule has 0 radical (unpaired) electrons. The summed E-state index contributed by atoms with van der Waals surface area (Å²) in [5, 5.41) is 0.879. The minimum absolute atomic E-state index is 0.105. The number of hydrogen-bond acceptors (Lipinski definition) is 7.